The topological polar surface area (TPSA) is 83.9 Å². The van der Waals surface area contributed by atoms with Crippen LogP contribution in [0.1, 0.15) is 23.0 Å². The van der Waals surface area contributed by atoms with Crippen molar-refractivity contribution in [3.63, 3.8) is 0 Å². The second-order valence-corrected chi connectivity index (χ2v) is 7.09. The first-order valence-electron chi connectivity index (χ1n) is 8.47. The summed E-state index contributed by atoms with van der Waals surface area (Å²) in [5.41, 5.74) is 4.00. The lowest BCUT2D eigenvalue weighted by Crippen LogP contribution is -2.22. The molecule has 7 nitrogen and oxygen atoms in total. The third-order valence-corrected chi connectivity index (χ3v) is 4.88. The number of carbonyl (C=O) groups excluding carboxylic acids is 2. The highest BCUT2D eigenvalue weighted by molar-refractivity contribution is 7.14. The molecule has 0 aliphatic rings. The first-order chi connectivity index (χ1) is 14.0. The number of thiazole rings is 1. The number of methoxy groups -OCH3 is 1. The van der Waals surface area contributed by atoms with Crippen molar-refractivity contribution in [2.45, 2.75) is 6.92 Å². The molecule has 2 amide bonds. The first kappa shape index (κ1) is 20.5. The number of anilines is 2. The van der Waals surface area contributed by atoms with Crippen LogP contribution in [-0.2, 0) is 4.79 Å². The predicted molar refractivity (Wildman–Crippen MR) is 114 cm³/mol. The summed E-state index contributed by atoms with van der Waals surface area (Å²) in [7, 11) is 1.58. The molecule has 0 bridgehead atoms. The zero-order valence-corrected chi connectivity index (χ0v) is 17.2. The molecule has 1 N–H and O–H groups in total. The number of nitrogens with zero attached hydrogens (tertiary/aromatic N) is 3. The fraction of sp³-hybridized carbons (Fsp3) is 0.100. The van der Waals surface area contributed by atoms with Crippen molar-refractivity contribution in [3.8, 4) is 5.75 Å². The smallest absolute Gasteiger partial charge is 0.271 e. The van der Waals surface area contributed by atoms with Crippen LogP contribution >= 0.6 is 22.9 Å². The Bertz CT molecular complexity index is 1050. The molecule has 0 saturated carbocycles. The van der Waals surface area contributed by atoms with Crippen LogP contribution in [0.25, 0.3) is 0 Å². The number of amides is 2. The number of hydrogen-bond acceptors (Lipinski definition) is 6. The van der Waals surface area contributed by atoms with Gasteiger partial charge in [0.1, 0.15) is 5.75 Å². The van der Waals surface area contributed by atoms with Gasteiger partial charge in [0, 0.05) is 22.9 Å². The number of benzene rings is 2. The van der Waals surface area contributed by atoms with Gasteiger partial charge in [-0.2, -0.15) is 5.10 Å². The lowest BCUT2D eigenvalue weighted by Gasteiger charge is -2.18. The number of aromatic nitrogens is 1. The van der Waals surface area contributed by atoms with Gasteiger partial charge in [-0.05, 0) is 42.5 Å². The van der Waals surface area contributed by atoms with Gasteiger partial charge in [0.2, 0.25) is 5.91 Å². The van der Waals surface area contributed by atoms with Crippen LogP contribution in [0.2, 0.25) is 5.02 Å². The lowest BCUT2D eigenvalue weighted by atomic mass is 10.2. The van der Waals surface area contributed by atoms with E-state index in [0.717, 1.165) is 0 Å². The van der Waals surface area contributed by atoms with E-state index in [2.05, 4.69) is 15.5 Å². The summed E-state index contributed by atoms with van der Waals surface area (Å²) in [6, 6.07) is 13.6. The second-order valence-electron chi connectivity index (χ2n) is 5.82. The molecule has 0 atom stereocenters. The summed E-state index contributed by atoms with van der Waals surface area (Å²) in [6.07, 6.45) is 1.41. The Labute approximate surface area is 176 Å². The summed E-state index contributed by atoms with van der Waals surface area (Å²) in [4.78, 5) is 30.1. The highest BCUT2D eigenvalue weighted by atomic mass is 35.5. The monoisotopic (exact) mass is 428 g/mol. The Hall–Kier alpha value is -3.23. The summed E-state index contributed by atoms with van der Waals surface area (Å²) in [6.45, 7) is 1.46. The number of carbonyl (C=O) groups is 2. The first-order valence-corrected chi connectivity index (χ1v) is 9.73. The highest BCUT2D eigenvalue weighted by Gasteiger charge is 2.17. The minimum atomic E-state index is -0.386. The molecule has 9 heteroatoms. The van der Waals surface area contributed by atoms with Crippen molar-refractivity contribution >= 4 is 51.8 Å². The molecule has 0 fully saturated rings. The maximum atomic E-state index is 12.2. The fourth-order valence-corrected chi connectivity index (χ4v) is 3.48. The molecule has 0 unspecified atom stereocenters. The van der Waals surface area contributed by atoms with E-state index in [4.69, 9.17) is 16.3 Å². The van der Waals surface area contributed by atoms with E-state index in [1.807, 2.05) is 0 Å². The van der Waals surface area contributed by atoms with Crippen molar-refractivity contribution in [3.05, 3.63) is 70.2 Å². The van der Waals surface area contributed by atoms with E-state index >= 15 is 0 Å². The zero-order valence-electron chi connectivity index (χ0n) is 15.6. The van der Waals surface area contributed by atoms with E-state index in [-0.39, 0.29) is 11.8 Å². The van der Waals surface area contributed by atoms with Crippen LogP contribution in [0.15, 0.2) is 59.0 Å². The van der Waals surface area contributed by atoms with Crippen LogP contribution in [0.3, 0.4) is 0 Å². The van der Waals surface area contributed by atoms with Crippen LogP contribution in [-0.4, -0.2) is 30.1 Å². The van der Waals surface area contributed by atoms with Gasteiger partial charge in [-0.25, -0.2) is 10.4 Å². The van der Waals surface area contributed by atoms with Gasteiger partial charge in [0.25, 0.3) is 5.91 Å². The Morgan fingerprint density at radius 2 is 2.00 bits per heavy atom. The van der Waals surface area contributed by atoms with Gasteiger partial charge in [0.05, 0.1) is 24.7 Å². The number of hydrazone groups is 1. The normalized spacial score (nSPS) is 10.7. The van der Waals surface area contributed by atoms with Gasteiger partial charge in [-0.1, -0.05) is 17.7 Å². The Morgan fingerprint density at radius 1 is 1.24 bits per heavy atom. The molecule has 29 heavy (non-hydrogen) atoms. The Morgan fingerprint density at radius 3 is 2.66 bits per heavy atom. The van der Waals surface area contributed by atoms with Gasteiger partial charge >= 0.3 is 0 Å². The van der Waals surface area contributed by atoms with Crippen LogP contribution in [0.4, 0.5) is 10.8 Å². The molecule has 0 aliphatic carbocycles. The molecule has 1 aromatic heterocycles. The van der Waals surface area contributed by atoms with Crippen molar-refractivity contribution in [2.75, 3.05) is 12.0 Å². The van der Waals surface area contributed by atoms with Gasteiger partial charge in [-0.3, -0.25) is 14.5 Å². The average Bonchev–Trinajstić information content (AvgIpc) is 3.16. The summed E-state index contributed by atoms with van der Waals surface area (Å²) in [5, 5.41) is 6.61. The van der Waals surface area contributed by atoms with E-state index in [1.54, 1.807) is 61.0 Å². The maximum absolute atomic E-state index is 12.2. The standard InChI is InChI=1S/C20H17ClN4O3S/c1-13(26)25(17-6-8-18(28-2)9-7-17)20-23-16(12-29-20)11-22-24-19(27)14-4-3-5-15(21)10-14/h3-12H,1-2H3,(H,24,27)/b22-11+. The summed E-state index contributed by atoms with van der Waals surface area (Å²) >= 11 is 7.17. The predicted octanol–water partition coefficient (Wildman–Crippen LogP) is 4.25. The molecule has 148 valence electrons. The summed E-state index contributed by atoms with van der Waals surface area (Å²) < 4.78 is 5.15. The number of hydrogen-bond donors (Lipinski definition) is 1. The van der Waals surface area contributed by atoms with E-state index in [0.29, 0.717) is 32.8 Å². The number of ether oxygens (including phenoxy) is 1. The van der Waals surface area contributed by atoms with Crippen molar-refractivity contribution in [1.82, 2.24) is 10.4 Å². The van der Waals surface area contributed by atoms with Crippen molar-refractivity contribution < 1.29 is 14.3 Å². The van der Waals surface area contributed by atoms with Gasteiger partial charge in [0.15, 0.2) is 5.13 Å². The Kier molecular flexibility index (Phi) is 6.58. The van der Waals surface area contributed by atoms with E-state index in [9.17, 15) is 9.59 Å². The maximum Gasteiger partial charge on any atom is 0.271 e. The van der Waals surface area contributed by atoms with Crippen molar-refractivity contribution in [1.29, 1.82) is 0 Å². The molecule has 0 saturated heterocycles. The van der Waals surface area contributed by atoms with E-state index in [1.165, 1.54) is 29.4 Å². The minimum absolute atomic E-state index is 0.178. The minimum Gasteiger partial charge on any atom is -0.497 e. The molecule has 0 radical (unpaired) electrons. The molecule has 0 spiro atoms. The highest BCUT2D eigenvalue weighted by Crippen LogP contribution is 2.29. The Balaban J connectivity index is 1.71. The second kappa shape index (κ2) is 9.31. The van der Waals surface area contributed by atoms with Crippen molar-refractivity contribution in [2.24, 2.45) is 5.10 Å². The molecule has 0 aliphatic heterocycles. The number of nitrogens with one attached hydrogen (secondary N) is 1. The lowest BCUT2D eigenvalue weighted by molar-refractivity contribution is -0.115. The third kappa shape index (κ3) is 5.18. The molecule has 3 rings (SSSR count). The summed E-state index contributed by atoms with van der Waals surface area (Å²) in [5.74, 6) is 0.129. The quantitative estimate of drug-likeness (QED) is 0.469. The van der Waals surface area contributed by atoms with Crippen LogP contribution < -0.4 is 15.1 Å². The van der Waals surface area contributed by atoms with Gasteiger partial charge < -0.3 is 4.74 Å². The van der Waals surface area contributed by atoms with Crippen LogP contribution in [0.5, 0.6) is 5.75 Å². The molecule has 2 aromatic carbocycles. The van der Waals surface area contributed by atoms with Gasteiger partial charge in [-0.15, -0.1) is 11.3 Å². The molecule has 3 aromatic rings. The number of halogens is 1. The molecular formula is C20H17ClN4O3S. The van der Waals surface area contributed by atoms with E-state index < -0.39 is 0 Å². The molecule has 1 heterocycles. The molecular weight excluding hydrogens is 412 g/mol. The zero-order chi connectivity index (χ0) is 20.8. The third-order valence-electron chi connectivity index (χ3n) is 3.80. The average molecular weight is 429 g/mol. The van der Waals surface area contributed by atoms with Crippen LogP contribution in [0, 0.1) is 0 Å². The fourth-order valence-electron chi connectivity index (χ4n) is 2.45. The number of rotatable bonds is 6. The SMILES string of the molecule is COc1ccc(N(C(C)=O)c2nc(/C=N/NC(=O)c3cccc(Cl)c3)cs2)cc1. The largest absolute Gasteiger partial charge is 0.497 e.